The zero-order valence-electron chi connectivity index (χ0n) is 17.2. The molecule has 3 rings (SSSR count). The number of benzene rings is 1. The number of amides is 1. The maximum Gasteiger partial charge on any atom is 0.355 e. The molecule has 1 aromatic carbocycles. The monoisotopic (exact) mass is 427 g/mol. The molecule has 0 spiro atoms. The Kier molecular flexibility index (Phi) is 7.84. The molecule has 0 fully saturated rings. The summed E-state index contributed by atoms with van der Waals surface area (Å²) in [4.78, 5) is 24.8. The van der Waals surface area contributed by atoms with E-state index in [1.165, 1.54) is 7.11 Å². The van der Waals surface area contributed by atoms with Crippen LogP contribution in [0.4, 0.5) is 0 Å². The number of esters is 1. The Balaban J connectivity index is 0.00000341. The first-order chi connectivity index (χ1) is 14.3. The highest BCUT2D eigenvalue weighted by Crippen LogP contribution is 2.18. The van der Waals surface area contributed by atoms with E-state index in [1.807, 2.05) is 30.3 Å². The summed E-state index contributed by atoms with van der Waals surface area (Å²) in [7, 11) is 1.30. The Morgan fingerprint density at radius 1 is 1.13 bits per heavy atom. The van der Waals surface area contributed by atoms with Gasteiger partial charge >= 0.3 is 5.97 Å². The number of hydrogen-bond donors (Lipinski definition) is 2. The number of pyridine rings is 1. The first-order valence-electron chi connectivity index (χ1n) is 9.45. The van der Waals surface area contributed by atoms with Crippen molar-refractivity contribution in [3.05, 3.63) is 65.6 Å². The quantitative estimate of drug-likeness (QED) is 0.529. The Bertz CT molecular complexity index is 1030. The molecule has 0 unspecified atom stereocenters. The van der Waals surface area contributed by atoms with E-state index in [9.17, 15) is 9.59 Å². The standard InChI is InChI=1S/C21H25N5O4.CH4/c1-21(2,22)20(28)23-15(13-30-12-14-8-5-4-6-9-14)18-25-24-17-11-7-10-16(26(17)18)19(27)29-3;/h4-11,15H,12-13,22H2,1-3H3,(H,23,28);1H4/t15-;/m1./s1. The van der Waals surface area contributed by atoms with E-state index >= 15 is 0 Å². The zero-order chi connectivity index (χ0) is 21.7. The number of nitrogens with one attached hydrogen (secondary N) is 1. The van der Waals surface area contributed by atoms with Gasteiger partial charge in [0, 0.05) is 0 Å². The van der Waals surface area contributed by atoms with Gasteiger partial charge in [-0.2, -0.15) is 0 Å². The Morgan fingerprint density at radius 2 is 1.84 bits per heavy atom. The number of hydrogen-bond acceptors (Lipinski definition) is 7. The molecule has 0 saturated heterocycles. The van der Waals surface area contributed by atoms with Crippen LogP contribution in [0.2, 0.25) is 0 Å². The topological polar surface area (TPSA) is 121 Å². The minimum absolute atomic E-state index is 0. The third kappa shape index (κ3) is 5.65. The predicted molar refractivity (Wildman–Crippen MR) is 116 cm³/mol. The van der Waals surface area contributed by atoms with Crippen LogP contribution in [-0.2, 0) is 20.9 Å². The van der Waals surface area contributed by atoms with Crippen molar-refractivity contribution in [1.82, 2.24) is 19.9 Å². The average molecular weight is 428 g/mol. The van der Waals surface area contributed by atoms with Crippen molar-refractivity contribution in [2.24, 2.45) is 5.73 Å². The lowest BCUT2D eigenvalue weighted by atomic mass is 10.1. The fourth-order valence-corrected chi connectivity index (χ4v) is 2.85. The van der Waals surface area contributed by atoms with Crippen molar-refractivity contribution in [2.45, 2.75) is 39.5 Å². The van der Waals surface area contributed by atoms with Crippen molar-refractivity contribution in [2.75, 3.05) is 13.7 Å². The van der Waals surface area contributed by atoms with Crippen molar-refractivity contribution < 1.29 is 19.1 Å². The minimum Gasteiger partial charge on any atom is -0.464 e. The maximum absolute atomic E-state index is 12.6. The summed E-state index contributed by atoms with van der Waals surface area (Å²) in [5.74, 6) is -0.587. The van der Waals surface area contributed by atoms with Gasteiger partial charge in [0.25, 0.3) is 0 Å². The number of rotatable bonds is 8. The molecule has 3 aromatic rings. The number of carbonyl (C=O) groups is 2. The third-order valence-corrected chi connectivity index (χ3v) is 4.45. The van der Waals surface area contributed by atoms with Gasteiger partial charge in [-0.25, -0.2) is 4.79 Å². The van der Waals surface area contributed by atoms with Crippen molar-refractivity contribution in [3.8, 4) is 0 Å². The normalized spacial score (nSPS) is 12.1. The molecule has 0 aliphatic rings. The van der Waals surface area contributed by atoms with Crippen LogP contribution in [0.3, 0.4) is 0 Å². The molecular weight excluding hydrogens is 398 g/mol. The molecule has 31 heavy (non-hydrogen) atoms. The number of aromatic nitrogens is 3. The fourth-order valence-electron chi connectivity index (χ4n) is 2.85. The number of fused-ring (bicyclic) bond motifs is 1. The second-order valence-corrected chi connectivity index (χ2v) is 7.40. The summed E-state index contributed by atoms with van der Waals surface area (Å²) in [6.07, 6.45) is 0. The second-order valence-electron chi connectivity index (χ2n) is 7.40. The van der Waals surface area contributed by atoms with Crippen LogP contribution >= 0.6 is 0 Å². The lowest BCUT2D eigenvalue weighted by molar-refractivity contribution is -0.126. The molecule has 9 heteroatoms. The van der Waals surface area contributed by atoms with Gasteiger partial charge in [0.2, 0.25) is 5.91 Å². The van der Waals surface area contributed by atoms with Crippen LogP contribution in [0.15, 0.2) is 48.5 Å². The van der Waals surface area contributed by atoms with E-state index in [2.05, 4.69) is 15.5 Å². The molecule has 166 valence electrons. The molecule has 0 aliphatic heterocycles. The van der Waals surface area contributed by atoms with E-state index < -0.39 is 17.6 Å². The third-order valence-electron chi connectivity index (χ3n) is 4.45. The Hall–Kier alpha value is -3.30. The molecule has 0 radical (unpaired) electrons. The van der Waals surface area contributed by atoms with Crippen molar-refractivity contribution in [3.63, 3.8) is 0 Å². The number of nitrogens with two attached hydrogens (primary N) is 1. The Morgan fingerprint density at radius 3 is 2.48 bits per heavy atom. The number of methoxy groups -OCH3 is 1. The van der Waals surface area contributed by atoms with Gasteiger partial charge in [-0.3, -0.25) is 9.20 Å². The molecule has 2 heterocycles. The van der Waals surface area contributed by atoms with Gasteiger partial charge in [-0.05, 0) is 31.5 Å². The summed E-state index contributed by atoms with van der Waals surface area (Å²) in [6, 6.07) is 13.9. The van der Waals surface area contributed by atoms with Crippen LogP contribution in [0.5, 0.6) is 0 Å². The smallest absolute Gasteiger partial charge is 0.355 e. The van der Waals surface area contributed by atoms with Gasteiger partial charge in [-0.1, -0.05) is 43.8 Å². The lowest BCUT2D eigenvalue weighted by Crippen LogP contribution is -2.51. The highest BCUT2D eigenvalue weighted by molar-refractivity contribution is 5.88. The number of ether oxygens (including phenoxy) is 2. The second kappa shape index (κ2) is 10.1. The summed E-state index contributed by atoms with van der Waals surface area (Å²) >= 11 is 0. The molecule has 0 aliphatic carbocycles. The summed E-state index contributed by atoms with van der Waals surface area (Å²) < 4.78 is 12.3. The van der Waals surface area contributed by atoms with Crippen LogP contribution in [0.1, 0.15) is 49.2 Å². The SMILES string of the molecule is C.COC(=O)c1cccc2nnc([C@@H](COCc3ccccc3)NC(=O)C(C)(C)N)n12. The molecule has 3 N–H and O–H groups in total. The fraction of sp³-hybridized carbons (Fsp3) is 0.364. The van der Waals surface area contributed by atoms with E-state index in [-0.39, 0.29) is 25.6 Å². The first-order valence-corrected chi connectivity index (χ1v) is 9.45. The Labute approximate surface area is 181 Å². The predicted octanol–water partition coefficient (Wildman–Crippen LogP) is 2.26. The first kappa shape index (κ1) is 24.0. The largest absolute Gasteiger partial charge is 0.464 e. The van der Waals surface area contributed by atoms with Crippen LogP contribution < -0.4 is 11.1 Å². The van der Waals surface area contributed by atoms with E-state index in [0.29, 0.717) is 18.1 Å². The van der Waals surface area contributed by atoms with Crippen molar-refractivity contribution in [1.29, 1.82) is 0 Å². The summed E-state index contributed by atoms with van der Waals surface area (Å²) in [5, 5.41) is 11.2. The molecule has 1 atom stereocenters. The van der Waals surface area contributed by atoms with Gasteiger partial charge in [0.15, 0.2) is 11.5 Å². The molecule has 2 aromatic heterocycles. The minimum atomic E-state index is -1.11. The molecular formula is C22H29N5O4. The van der Waals surface area contributed by atoms with E-state index in [4.69, 9.17) is 15.2 Å². The zero-order valence-corrected chi connectivity index (χ0v) is 17.2. The maximum atomic E-state index is 12.6. The molecule has 0 bridgehead atoms. The van der Waals surface area contributed by atoms with Crippen LogP contribution in [0, 0.1) is 0 Å². The molecule has 9 nitrogen and oxygen atoms in total. The molecule has 0 saturated carbocycles. The van der Waals surface area contributed by atoms with Crippen molar-refractivity contribution >= 4 is 17.5 Å². The lowest BCUT2D eigenvalue weighted by Gasteiger charge is -2.23. The number of carbonyl (C=O) groups excluding carboxylic acids is 2. The highest BCUT2D eigenvalue weighted by atomic mass is 16.5. The number of nitrogens with zero attached hydrogens (tertiary/aromatic N) is 3. The van der Waals surface area contributed by atoms with Crippen LogP contribution in [-0.4, -0.2) is 45.7 Å². The average Bonchev–Trinajstić information content (AvgIpc) is 3.16. The van der Waals surface area contributed by atoms with Gasteiger partial charge in [0.1, 0.15) is 11.7 Å². The van der Waals surface area contributed by atoms with Gasteiger partial charge in [-0.15, -0.1) is 10.2 Å². The van der Waals surface area contributed by atoms with Crippen LogP contribution in [0.25, 0.3) is 5.65 Å². The van der Waals surface area contributed by atoms with Gasteiger partial charge in [0.05, 0.1) is 25.9 Å². The summed E-state index contributed by atoms with van der Waals surface area (Å²) in [5.41, 5.74) is 6.51. The van der Waals surface area contributed by atoms with E-state index in [0.717, 1.165) is 5.56 Å². The van der Waals surface area contributed by atoms with Gasteiger partial charge < -0.3 is 20.5 Å². The van der Waals surface area contributed by atoms with E-state index in [1.54, 1.807) is 36.4 Å². The molecule has 1 amide bonds. The highest BCUT2D eigenvalue weighted by Gasteiger charge is 2.29. The summed E-state index contributed by atoms with van der Waals surface area (Å²) in [6.45, 7) is 3.66.